The molecule has 0 saturated heterocycles. The van der Waals surface area contributed by atoms with Crippen molar-refractivity contribution >= 4 is 21.4 Å². The van der Waals surface area contributed by atoms with Gasteiger partial charge in [0, 0.05) is 23.4 Å². The van der Waals surface area contributed by atoms with E-state index in [1.165, 1.54) is 12.1 Å². The molecule has 0 aliphatic heterocycles. The van der Waals surface area contributed by atoms with Gasteiger partial charge in [0.2, 0.25) is 0 Å². The van der Waals surface area contributed by atoms with E-state index in [1.54, 1.807) is 16.9 Å². The van der Waals surface area contributed by atoms with Gasteiger partial charge in [-0.1, -0.05) is 6.07 Å². The van der Waals surface area contributed by atoms with Gasteiger partial charge in [0.25, 0.3) is 0 Å². The fourth-order valence-electron chi connectivity index (χ4n) is 2.33. The standard InChI is InChI=1S/C15H12BrF2N3/c16-11-4-5-12(17)9(15(11)18)7-13(19)10-8-20-21-6-2-1-3-14(10)21/h1-6,8,13H,7,19H2. The molecule has 0 fully saturated rings. The van der Waals surface area contributed by atoms with E-state index in [0.717, 1.165) is 11.1 Å². The molecule has 0 aliphatic rings. The van der Waals surface area contributed by atoms with Crippen LogP contribution >= 0.6 is 15.9 Å². The first kappa shape index (κ1) is 14.2. The summed E-state index contributed by atoms with van der Waals surface area (Å²) < 4.78 is 29.7. The second-order valence-corrected chi connectivity index (χ2v) is 5.62. The summed E-state index contributed by atoms with van der Waals surface area (Å²) >= 11 is 3.06. The van der Waals surface area contributed by atoms with E-state index in [1.807, 2.05) is 18.2 Å². The molecule has 108 valence electrons. The second-order valence-electron chi connectivity index (χ2n) is 4.76. The van der Waals surface area contributed by atoms with E-state index in [4.69, 9.17) is 5.73 Å². The minimum atomic E-state index is -0.609. The summed E-state index contributed by atoms with van der Waals surface area (Å²) in [4.78, 5) is 0. The number of halogens is 3. The van der Waals surface area contributed by atoms with Crippen LogP contribution in [0.25, 0.3) is 5.52 Å². The van der Waals surface area contributed by atoms with E-state index in [-0.39, 0.29) is 16.5 Å². The predicted octanol–water partition coefficient (Wildman–Crippen LogP) is 3.62. The van der Waals surface area contributed by atoms with Crippen LogP contribution in [0, 0.1) is 11.6 Å². The van der Waals surface area contributed by atoms with E-state index >= 15 is 0 Å². The van der Waals surface area contributed by atoms with Crippen LogP contribution < -0.4 is 5.73 Å². The van der Waals surface area contributed by atoms with Crippen LogP contribution in [0.3, 0.4) is 0 Å². The molecular formula is C15H12BrF2N3. The number of hydrogen-bond donors (Lipinski definition) is 1. The summed E-state index contributed by atoms with van der Waals surface area (Å²) in [6.45, 7) is 0. The van der Waals surface area contributed by atoms with Crippen molar-refractivity contribution in [2.75, 3.05) is 0 Å². The highest BCUT2D eigenvalue weighted by Gasteiger charge is 2.19. The van der Waals surface area contributed by atoms with E-state index in [9.17, 15) is 8.78 Å². The van der Waals surface area contributed by atoms with Gasteiger partial charge >= 0.3 is 0 Å². The Morgan fingerprint density at radius 3 is 2.86 bits per heavy atom. The molecule has 1 atom stereocenters. The molecule has 6 heteroatoms. The number of hydrogen-bond acceptors (Lipinski definition) is 2. The summed E-state index contributed by atoms with van der Waals surface area (Å²) in [6, 6.07) is 7.62. The van der Waals surface area contributed by atoms with Gasteiger partial charge < -0.3 is 5.73 Å². The molecule has 0 aliphatic carbocycles. The zero-order chi connectivity index (χ0) is 15.0. The monoisotopic (exact) mass is 351 g/mol. The van der Waals surface area contributed by atoms with Crippen molar-refractivity contribution < 1.29 is 8.78 Å². The predicted molar refractivity (Wildman–Crippen MR) is 79.9 cm³/mol. The molecule has 2 N–H and O–H groups in total. The van der Waals surface area contributed by atoms with Crippen molar-refractivity contribution in [2.24, 2.45) is 5.73 Å². The third-order valence-electron chi connectivity index (χ3n) is 3.42. The number of benzene rings is 1. The number of aromatic nitrogens is 2. The molecule has 3 rings (SSSR count). The number of fused-ring (bicyclic) bond motifs is 1. The Labute approximate surface area is 128 Å². The first-order chi connectivity index (χ1) is 10.1. The third kappa shape index (κ3) is 2.56. The first-order valence-electron chi connectivity index (χ1n) is 6.38. The molecule has 2 aromatic heterocycles. The lowest BCUT2D eigenvalue weighted by atomic mass is 10.00. The summed E-state index contributed by atoms with van der Waals surface area (Å²) in [5.74, 6) is -1.20. The highest BCUT2D eigenvalue weighted by atomic mass is 79.9. The molecule has 0 spiro atoms. The summed E-state index contributed by atoms with van der Waals surface area (Å²) in [5, 5.41) is 4.18. The largest absolute Gasteiger partial charge is 0.324 e. The maximum absolute atomic E-state index is 14.0. The summed E-state index contributed by atoms with van der Waals surface area (Å²) in [7, 11) is 0. The van der Waals surface area contributed by atoms with Gasteiger partial charge in [-0.05, 0) is 46.6 Å². The van der Waals surface area contributed by atoms with Crippen molar-refractivity contribution in [3.05, 3.63) is 70.0 Å². The van der Waals surface area contributed by atoms with Gasteiger partial charge in [0.05, 0.1) is 16.2 Å². The topological polar surface area (TPSA) is 43.3 Å². The van der Waals surface area contributed by atoms with Crippen molar-refractivity contribution in [3.8, 4) is 0 Å². The van der Waals surface area contributed by atoms with Crippen LogP contribution in [0.4, 0.5) is 8.78 Å². The van der Waals surface area contributed by atoms with Crippen LogP contribution in [0.2, 0.25) is 0 Å². The number of pyridine rings is 1. The Morgan fingerprint density at radius 1 is 1.24 bits per heavy atom. The molecule has 0 amide bonds. The van der Waals surface area contributed by atoms with Gasteiger partial charge in [0.15, 0.2) is 0 Å². The maximum atomic E-state index is 14.0. The van der Waals surface area contributed by atoms with Gasteiger partial charge in [-0.15, -0.1) is 0 Å². The minimum Gasteiger partial charge on any atom is -0.324 e. The number of rotatable bonds is 3. The lowest BCUT2D eigenvalue weighted by Crippen LogP contribution is -2.15. The quantitative estimate of drug-likeness (QED) is 0.732. The van der Waals surface area contributed by atoms with E-state index in [0.29, 0.717) is 0 Å². The SMILES string of the molecule is NC(Cc1c(F)ccc(Br)c1F)c1cnn2ccccc12. The molecule has 3 nitrogen and oxygen atoms in total. The fourth-order valence-corrected chi connectivity index (χ4v) is 2.70. The molecule has 2 heterocycles. The number of nitrogens with zero attached hydrogens (tertiary/aromatic N) is 2. The molecule has 1 aromatic carbocycles. The first-order valence-corrected chi connectivity index (χ1v) is 7.17. The van der Waals surface area contributed by atoms with E-state index < -0.39 is 17.7 Å². The fraction of sp³-hybridized carbons (Fsp3) is 0.133. The van der Waals surface area contributed by atoms with Crippen molar-refractivity contribution in [3.63, 3.8) is 0 Å². The summed E-state index contributed by atoms with van der Waals surface area (Å²) in [5.41, 5.74) is 7.70. The van der Waals surface area contributed by atoms with Crippen LogP contribution in [-0.4, -0.2) is 9.61 Å². The molecule has 1 unspecified atom stereocenters. The Bertz CT molecular complexity index is 801. The Kier molecular flexibility index (Phi) is 3.73. The van der Waals surface area contributed by atoms with Gasteiger partial charge in [-0.3, -0.25) is 0 Å². The van der Waals surface area contributed by atoms with Gasteiger partial charge in [0.1, 0.15) is 11.6 Å². The van der Waals surface area contributed by atoms with E-state index in [2.05, 4.69) is 21.0 Å². The third-order valence-corrected chi connectivity index (χ3v) is 4.03. The lowest BCUT2D eigenvalue weighted by Gasteiger charge is -2.12. The molecule has 21 heavy (non-hydrogen) atoms. The van der Waals surface area contributed by atoms with Crippen LogP contribution in [0.1, 0.15) is 17.2 Å². The molecule has 0 bridgehead atoms. The normalized spacial score (nSPS) is 12.8. The highest BCUT2D eigenvalue weighted by molar-refractivity contribution is 9.10. The Hall–Kier alpha value is -1.79. The smallest absolute Gasteiger partial charge is 0.143 e. The highest BCUT2D eigenvalue weighted by Crippen LogP contribution is 2.27. The lowest BCUT2D eigenvalue weighted by molar-refractivity contribution is 0.536. The van der Waals surface area contributed by atoms with Crippen molar-refractivity contribution in [1.29, 1.82) is 0 Å². The Morgan fingerprint density at radius 2 is 2.05 bits per heavy atom. The average Bonchev–Trinajstić information content (AvgIpc) is 2.91. The minimum absolute atomic E-state index is 0.0212. The zero-order valence-electron chi connectivity index (χ0n) is 10.9. The van der Waals surface area contributed by atoms with Crippen LogP contribution in [0.15, 0.2) is 47.2 Å². The van der Waals surface area contributed by atoms with Crippen LogP contribution in [0.5, 0.6) is 0 Å². The maximum Gasteiger partial charge on any atom is 0.143 e. The van der Waals surface area contributed by atoms with Crippen molar-refractivity contribution in [2.45, 2.75) is 12.5 Å². The molecular weight excluding hydrogens is 340 g/mol. The van der Waals surface area contributed by atoms with Crippen molar-refractivity contribution in [1.82, 2.24) is 9.61 Å². The van der Waals surface area contributed by atoms with Gasteiger partial charge in [-0.25, -0.2) is 13.3 Å². The van der Waals surface area contributed by atoms with Gasteiger partial charge in [-0.2, -0.15) is 5.10 Å². The molecule has 0 saturated carbocycles. The molecule has 0 radical (unpaired) electrons. The summed E-state index contributed by atoms with van der Waals surface area (Å²) in [6.07, 6.45) is 3.49. The average molecular weight is 352 g/mol. The van der Waals surface area contributed by atoms with Crippen LogP contribution in [-0.2, 0) is 6.42 Å². The Balaban J connectivity index is 1.97. The number of nitrogens with two attached hydrogens (primary N) is 1. The second kappa shape index (κ2) is 5.54. The zero-order valence-corrected chi connectivity index (χ0v) is 12.5. The molecule has 3 aromatic rings.